The van der Waals surface area contributed by atoms with Crippen LogP contribution in [0.1, 0.15) is 26.7 Å². The predicted molar refractivity (Wildman–Crippen MR) is 51.4 cm³/mol. The molecule has 1 fully saturated rings. The molecule has 1 nitrogen and oxygen atoms in total. The molecule has 66 valence electrons. The van der Waals surface area contributed by atoms with Crippen LogP contribution in [-0.2, 0) is 0 Å². The third kappa shape index (κ3) is 1.08. The molecule has 2 N–H and O–H groups in total. The molecule has 1 heteroatoms. The van der Waals surface area contributed by atoms with Gasteiger partial charge in [-0.3, -0.25) is 0 Å². The molecule has 0 radical (unpaired) electrons. The molecule has 0 aromatic rings. The van der Waals surface area contributed by atoms with Crippen molar-refractivity contribution in [2.45, 2.75) is 26.7 Å². The van der Waals surface area contributed by atoms with Crippen molar-refractivity contribution in [2.24, 2.45) is 23.5 Å². The van der Waals surface area contributed by atoms with Crippen LogP contribution in [-0.4, -0.2) is 0 Å². The Labute approximate surface area is 74.3 Å². The first-order chi connectivity index (χ1) is 5.68. The molecule has 0 spiro atoms. The van der Waals surface area contributed by atoms with E-state index < -0.39 is 0 Å². The molecule has 3 unspecified atom stereocenters. The maximum atomic E-state index is 5.90. The van der Waals surface area contributed by atoms with Crippen molar-refractivity contribution in [3.8, 4) is 0 Å². The first kappa shape index (κ1) is 7.90. The average Bonchev–Trinajstić information content (AvgIpc) is 2.39. The summed E-state index contributed by atoms with van der Waals surface area (Å²) in [6.07, 6.45) is 6.96. The van der Waals surface area contributed by atoms with Crippen molar-refractivity contribution >= 4 is 0 Å². The van der Waals surface area contributed by atoms with Gasteiger partial charge in [-0.25, -0.2) is 0 Å². The summed E-state index contributed by atoms with van der Waals surface area (Å²) in [6, 6.07) is 0. The Bertz CT molecular complexity index is 250. The molecule has 2 rings (SSSR count). The quantitative estimate of drug-likeness (QED) is 0.583. The minimum absolute atomic E-state index is 0.579. The molecule has 0 saturated heterocycles. The smallest absolute Gasteiger partial charge is 0.0115 e. The standard InChI is InChI=1S/C11H17N/c1-7-5-9-3-4-11(12)8(2)10(9)6-7/h3-4,7-8,10H,5-6,12H2,1-2H3. The molecule has 2 aliphatic carbocycles. The van der Waals surface area contributed by atoms with Crippen LogP contribution in [0.15, 0.2) is 23.4 Å². The molecule has 2 aliphatic rings. The lowest BCUT2D eigenvalue weighted by molar-refractivity contribution is 0.433. The normalized spacial score (nSPS) is 40.3. The maximum absolute atomic E-state index is 5.90. The molecule has 0 aromatic carbocycles. The van der Waals surface area contributed by atoms with Gasteiger partial charge in [-0.05, 0) is 30.8 Å². The minimum Gasteiger partial charge on any atom is -0.402 e. The van der Waals surface area contributed by atoms with Gasteiger partial charge in [0.25, 0.3) is 0 Å². The molecule has 3 atom stereocenters. The van der Waals surface area contributed by atoms with Crippen molar-refractivity contribution in [2.75, 3.05) is 0 Å². The van der Waals surface area contributed by atoms with E-state index in [0.717, 1.165) is 17.5 Å². The van der Waals surface area contributed by atoms with Crippen LogP contribution in [0.25, 0.3) is 0 Å². The molecule has 0 aromatic heterocycles. The highest BCUT2D eigenvalue weighted by atomic mass is 14.6. The van der Waals surface area contributed by atoms with E-state index in [1.165, 1.54) is 12.8 Å². The van der Waals surface area contributed by atoms with Gasteiger partial charge in [-0.1, -0.05) is 25.5 Å². The zero-order valence-electron chi connectivity index (χ0n) is 7.88. The SMILES string of the molecule is CC1CC2=CC=C(N)C(C)C2C1. The Balaban J connectivity index is 2.25. The van der Waals surface area contributed by atoms with Crippen LogP contribution in [0.5, 0.6) is 0 Å². The summed E-state index contributed by atoms with van der Waals surface area (Å²) in [7, 11) is 0. The lowest BCUT2D eigenvalue weighted by atomic mass is 9.83. The second-order valence-corrected chi connectivity index (χ2v) is 4.35. The minimum atomic E-state index is 0.579. The largest absolute Gasteiger partial charge is 0.402 e. The lowest BCUT2D eigenvalue weighted by Gasteiger charge is -2.24. The Hall–Kier alpha value is -0.720. The summed E-state index contributed by atoms with van der Waals surface area (Å²) in [4.78, 5) is 0. The van der Waals surface area contributed by atoms with Crippen LogP contribution in [0.3, 0.4) is 0 Å². The first-order valence-corrected chi connectivity index (χ1v) is 4.84. The second kappa shape index (κ2) is 2.65. The second-order valence-electron chi connectivity index (χ2n) is 4.35. The van der Waals surface area contributed by atoms with Gasteiger partial charge in [-0.2, -0.15) is 0 Å². The fourth-order valence-electron chi connectivity index (χ4n) is 2.53. The van der Waals surface area contributed by atoms with Gasteiger partial charge in [-0.15, -0.1) is 0 Å². The highest BCUT2D eigenvalue weighted by molar-refractivity contribution is 5.29. The third-order valence-electron chi connectivity index (χ3n) is 3.34. The van der Waals surface area contributed by atoms with Crippen LogP contribution in [0.2, 0.25) is 0 Å². The van der Waals surface area contributed by atoms with E-state index in [4.69, 9.17) is 5.73 Å². The summed E-state index contributed by atoms with van der Waals surface area (Å²) in [5, 5.41) is 0. The third-order valence-corrected chi connectivity index (χ3v) is 3.34. The van der Waals surface area contributed by atoms with Crippen molar-refractivity contribution in [1.29, 1.82) is 0 Å². The molecule has 0 heterocycles. The first-order valence-electron chi connectivity index (χ1n) is 4.84. The Morgan fingerprint density at radius 2 is 2.08 bits per heavy atom. The molecule has 1 saturated carbocycles. The molecular formula is C11H17N. The van der Waals surface area contributed by atoms with E-state index in [1.54, 1.807) is 5.57 Å². The van der Waals surface area contributed by atoms with Crippen LogP contribution in [0.4, 0.5) is 0 Å². The van der Waals surface area contributed by atoms with Gasteiger partial charge in [0.2, 0.25) is 0 Å². The fraction of sp³-hybridized carbons (Fsp3) is 0.636. The van der Waals surface area contributed by atoms with E-state index in [9.17, 15) is 0 Å². The summed E-state index contributed by atoms with van der Waals surface area (Å²) < 4.78 is 0. The number of hydrogen-bond donors (Lipinski definition) is 1. The molecule has 0 bridgehead atoms. The van der Waals surface area contributed by atoms with Crippen LogP contribution < -0.4 is 5.73 Å². The van der Waals surface area contributed by atoms with Crippen molar-refractivity contribution in [3.63, 3.8) is 0 Å². The van der Waals surface area contributed by atoms with Crippen molar-refractivity contribution < 1.29 is 0 Å². The van der Waals surface area contributed by atoms with Gasteiger partial charge < -0.3 is 5.73 Å². The Morgan fingerprint density at radius 3 is 2.83 bits per heavy atom. The number of allylic oxidation sites excluding steroid dienone is 4. The monoisotopic (exact) mass is 163 g/mol. The molecule has 12 heavy (non-hydrogen) atoms. The number of rotatable bonds is 0. The maximum Gasteiger partial charge on any atom is 0.0115 e. The molecule has 0 aliphatic heterocycles. The highest BCUT2D eigenvalue weighted by Crippen LogP contribution is 2.43. The number of hydrogen-bond acceptors (Lipinski definition) is 1. The molecule has 0 amide bonds. The summed E-state index contributed by atoms with van der Waals surface area (Å²) in [5.41, 5.74) is 8.59. The summed E-state index contributed by atoms with van der Waals surface area (Å²) in [6.45, 7) is 4.59. The summed E-state index contributed by atoms with van der Waals surface area (Å²) in [5.74, 6) is 2.20. The van der Waals surface area contributed by atoms with Crippen LogP contribution in [0, 0.1) is 17.8 Å². The van der Waals surface area contributed by atoms with Gasteiger partial charge in [0.05, 0.1) is 0 Å². The van der Waals surface area contributed by atoms with Gasteiger partial charge in [0.1, 0.15) is 0 Å². The summed E-state index contributed by atoms with van der Waals surface area (Å²) >= 11 is 0. The van der Waals surface area contributed by atoms with E-state index in [2.05, 4.69) is 26.0 Å². The fourth-order valence-corrected chi connectivity index (χ4v) is 2.53. The Kier molecular flexibility index (Phi) is 1.75. The zero-order valence-corrected chi connectivity index (χ0v) is 7.88. The van der Waals surface area contributed by atoms with E-state index in [1.807, 2.05) is 0 Å². The van der Waals surface area contributed by atoms with Gasteiger partial charge >= 0.3 is 0 Å². The lowest BCUT2D eigenvalue weighted by Crippen LogP contribution is -2.20. The predicted octanol–water partition coefficient (Wildman–Crippen LogP) is 2.45. The topological polar surface area (TPSA) is 26.0 Å². The zero-order chi connectivity index (χ0) is 8.72. The number of nitrogens with two attached hydrogens (primary N) is 1. The Morgan fingerprint density at radius 1 is 1.33 bits per heavy atom. The van der Waals surface area contributed by atoms with Crippen LogP contribution >= 0.6 is 0 Å². The van der Waals surface area contributed by atoms with Gasteiger partial charge in [0.15, 0.2) is 0 Å². The van der Waals surface area contributed by atoms with E-state index in [0.29, 0.717) is 5.92 Å². The van der Waals surface area contributed by atoms with Crippen molar-refractivity contribution in [1.82, 2.24) is 0 Å². The molecular weight excluding hydrogens is 146 g/mol. The highest BCUT2D eigenvalue weighted by Gasteiger charge is 2.32. The van der Waals surface area contributed by atoms with Crippen molar-refractivity contribution in [3.05, 3.63) is 23.4 Å². The van der Waals surface area contributed by atoms with Gasteiger partial charge in [0, 0.05) is 11.6 Å². The average molecular weight is 163 g/mol. The number of fused-ring (bicyclic) bond motifs is 1. The van der Waals surface area contributed by atoms with E-state index >= 15 is 0 Å². The van der Waals surface area contributed by atoms with E-state index in [-0.39, 0.29) is 0 Å².